The van der Waals surface area contributed by atoms with Crippen LogP contribution >= 0.6 is 0 Å². The molecule has 0 fully saturated rings. The second kappa shape index (κ2) is 19.7. The standard InChI is InChI=1S/C30H50O3/c1-26(25-27(2)30(32)33)19-17-15-13-11-9-7-5-3-4-6-8-10-12-14-16-18-20-28-21-23-29(31)24-22-28/h21-25,27,31H,3-20H2,1-2H3,(H,32,33)/t27-/m1/s1. The molecule has 0 aliphatic heterocycles. The van der Waals surface area contributed by atoms with Crippen LogP contribution in [0.2, 0.25) is 0 Å². The van der Waals surface area contributed by atoms with Crippen molar-refractivity contribution < 1.29 is 15.0 Å². The maximum absolute atomic E-state index is 10.9. The first-order chi connectivity index (χ1) is 16.0. The number of aliphatic carboxylic acids is 1. The van der Waals surface area contributed by atoms with E-state index in [-0.39, 0.29) is 5.92 Å². The van der Waals surface area contributed by atoms with E-state index < -0.39 is 5.97 Å². The Morgan fingerprint density at radius 2 is 1.12 bits per heavy atom. The highest BCUT2D eigenvalue weighted by molar-refractivity contribution is 5.71. The van der Waals surface area contributed by atoms with Gasteiger partial charge in [-0.3, -0.25) is 4.79 Å². The van der Waals surface area contributed by atoms with E-state index in [1.807, 2.05) is 18.2 Å². The molecule has 2 N–H and O–H groups in total. The highest BCUT2D eigenvalue weighted by Crippen LogP contribution is 2.17. The average Bonchev–Trinajstić information content (AvgIpc) is 2.79. The largest absolute Gasteiger partial charge is 0.508 e. The van der Waals surface area contributed by atoms with E-state index in [4.69, 9.17) is 5.11 Å². The van der Waals surface area contributed by atoms with Gasteiger partial charge in [-0.05, 0) is 57.2 Å². The van der Waals surface area contributed by atoms with Crippen LogP contribution in [0.5, 0.6) is 5.75 Å². The van der Waals surface area contributed by atoms with Crippen LogP contribution in [-0.2, 0) is 11.2 Å². The monoisotopic (exact) mass is 458 g/mol. The number of carboxylic acids is 1. The molecule has 1 aromatic rings. The van der Waals surface area contributed by atoms with Crippen molar-refractivity contribution in [2.75, 3.05) is 0 Å². The molecular formula is C30H50O3. The number of allylic oxidation sites excluding steroid dienone is 1. The lowest BCUT2D eigenvalue weighted by Crippen LogP contribution is -2.06. The van der Waals surface area contributed by atoms with E-state index in [2.05, 4.69) is 6.92 Å². The molecule has 0 saturated carbocycles. The molecule has 1 rings (SSSR count). The van der Waals surface area contributed by atoms with Crippen LogP contribution in [0, 0.1) is 5.92 Å². The molecule has 0 aromatic heterocycles. The Bertz CT molecular complexity index is 632. The zero-order valence-electron chi connectivity index (χ0n) is 21.5. The molecule has 3 heteroatoms. The number of unbranched alkanes of at least 4 members (excludes halogenated alkanes) is 15. The maximum atomic E-state index is 10.9. The van der Waals surface area contributed by atoms with Gasteiger partial charge in [-0.1, -0.05) is 114 Å². The van der Waals surface area contributed by atoms with Crippen LogP contribution in [0.25, 0.3) is 0 Å². The van der Waals surface area contributed by atoms with Gasteiger partial charge >= 0.3 is 5.97 Å². The van der Waals surface area contributed by atoms with E-state index in [1.165, 1.54) is 114 Å². The molecule has 0 unspecified atom stereocenters. The summed E-state index contributed by atoms with van der Waals surface area (Å²) in [7, 11) is 0. The van der Waals surface area contributed by atoms with Gasteiger partial charge < -0.3 is 10.2 Å². The van der Waals surface area contributed by atoms with E-state index >= 15 is 0 Å². The summed E-state index contributed by atoms with van der Waals surface area (Å²) in [6, 6.07) is 7.63. The van der Waals surface area contributed by atoms with Gasteiger partial charge in [0.1, 0.15) is 5.75 Å². The van der Waals surface area contributed by atoms with Crippen LogP contribution in [-0.4, -0.2) is 16.2 Å². The smallest absolute Gasteiger partial charge is 0.310 e. The van der Waals surface area contributed by atoms with Crippen LogP contribution < -0.4 is 0 Å². The molecular weight excluding hydrogens is 408 g/mol. The Labute approximate surface area is 203 Å². The highest BCUT2D eigenvalue weighted by atomic mass is 16.4. The third-order valence-corrected chi connectivity index (χ3v) is 6.65. The topological polar surface area (TPSA) is 57.5 Å². The Morgan fingerprint density at radius 3 is 1.55 bits per heavy atom. The number of rotatable bonds is 21. The molecule has 1 aromatic carbocycles. The first-order valence-corrected chi connectivity index (χ1v) is 13.7. The van der Waals surface area contributed by atoms with Crippen LogP contribution in [0.3, 0.4) is 0 Å². The van der Waals surface area contributed by atoms with Crippen molar-refractivity contribution in [1.29, 1.82) is 0 Å². The Balaban J connectivity index is 1.76. The Kier molecular flexibility index (Phi) is 17.4. The number of benzene rings is 1. The first-order valence-electron chi connectivity index (χ1n) is 13.7. The number of phenolic OH excluding ortho intramolecular Hbond substituents is 1. The predicted molar refractivity (Wildman–Crippen MR) is 141 cm³/mol. The number of carboxylic acid groups (broad SMARTS) is 1. The molecule has 0 saturated heterocycles. The predicted octanol–water partition coefficient (Wildman–Crippen LogP) is 9.23. The fourth-order valence-corrected chi connectivity index (χ4v) is 4.45. The summed E-state index contributed by atoms with van der Waals surface area (Å²) in [5.74, 6) is -0.738. The normalized spacial score (nSPS) is 12.7. The van der Waals surface area contributed by atoms with E-state index in [1.54, 1.807) is 19.1 Å². The van der Waals surface area contributed by atoms with E-state index in [0.717, 1.165) is 12.8 Å². The van der Waals surface area contributed by atoms with Crippen LogP contribution in [0.1, 0.15) is 129 Å². The quantitative estimate of drug-likeness (QED) is 0.142. The Hall–Kier alpha value is -1.77. The summed E-state index contributed by atoms with van der Waals surface area (Å²) in [4.78, 5) is 10.9. The third-order valence-electron chi connectivity index (χ3n) is 6.65. The van der Waals surface area contributed by atoms with Gasteiger partial charge in [-0.25, -0.2) is 0 Å². The fourth-order valence-electron chi connectivity index (χ4n) is 4.45. The molecule has 3 nitrogen and oxygen atoms in total. The van der Waals surface area contributed by atoms with Crippen LogP contribution in [0.15, 0.2) is 35.9 Å². The molecule has 0 bridgehead atoms. The zero-order valence-corrected chi connectivity index (χ0v) is 21.5. The summed E-state index contributed by atoms with van der Waals surface area (Å²) in [5, 5.41) is 18.2. The first kappa shape index (κ1) is 29.3. The molecule has 0 spiro atoms. The van der Waals surface area contributed by atoms with Crippen molar-refractivity contribution in [3.05, 3.63) is 41.5 Å². The minimum Gasteiger partial charge on any atom is -0.508 e. The summed E-state index contributed by atoms with van der Waals surface area (Å²) >= 11 is 0. The van der Waals surface area contributed by atoms with Crippen LogP contribution in [0.4, 0.5) is 0 Å². The lowest BCUT2D eigenvalue weighted by Gasteiger charge is -2.05. The highest BCUT2D eigenvalue weighted by Gasteiger charge is 2.07. The number of phenols is 1. The van der Waals surface area contributed by atoms with Gasteiger partial charge in [0.15, 0.2) is 0 Å². The van der Waals surface area contributed by atoms with Crippen molar-refractivity contribution in [1.82, 2.24) is 0 Å². The number of hydrogen-bond acceptors (Lipinski definition) is 2. The number of aryl methyl sites for hydroxylation is 1. The van der Waals surface area contributed by atoms with E-state index in [0.29, 0.717) is 5.75 Å². The minimum absolute atomic E-state index is 0.358. The third kappa shape index (κ3) is 17.4. The average molecular weight is 459 g/mol. The molecule has 0 heterocycles. The van der Waals surface area contributed by atoms with Gasteiger partial charge in [0, 0.05) is 0 Å². The summed E-state index contributed by atoms with van der Waals surface area (Å²) in [6.07, 6.45) is 25.6. The van der Waals surface area contributed by atoms with Gasteiger partial charge in [-0.15, -0.1) is 0 Å². The second-order valence-corrected chi connectivity index (χ2v) is 9.96. The molecule has 0 aliphatic rings. The van der Waals surface area contributed by atoms with Crippen molar-refractivity contribution in [3.8, 4) is 5.75 Å². The molecule has 0 amide bonds. The minimum atomic E-state index is -0.733. The van der Waals surface area contributed by atoms with Crippen molar-refractivity contribution in [2.24, 2.45) is 5.92 Å². The number of hydrogen-bond donors (Lipinski definition) is 2. The van der Waals surface area contributed by atoms with Gasteiger partial charge in [0.2, 0.25) is 0 Å². The summed E-state index contributed by atoms with van der Waals surface area (Å²) in [6.45, 7) is 3.80. The zero-order chi connectivity index (χ0) is 24.2. The SMILES string of the molecule is CC(=C[C@@H](C)C(=O)O)CCCCCCCCCCCCCCCCCCc1ccc(O)cc1. The van der Waals surface area contributed by atoms with E-state index in [9.17, 15) is 9.90 Å². The summed E-state index contributed by atoms with van der Waals surface area (Å²) in [5.41, 5.74) is 2.55. The molecule has 33 heavy (non-hydrogen) atoms. The van der Waals surface area contributed by atoms with Crippen molar-refractivity contribution in [2.45, 2.75) is 129 Å². The number of aromatic hydroxyl groups is 1. The van der Waals surface area contributed by atoms with Crippen molar-refractivity contribution in [3.63, 3.8) is 0 Å². The van der Waals surface area contributed by atoms with Gasteiger partial charge in [0.25, 0.3) is 0 Å². The summed E-state index contributed by atoms with van der Waals surface area (Å²) < 4.78 is 0. The lowest BCUT2D eigenvalue weighted by molar-refractivity contribution is -0.139. The second-order valence-electron chi connectivity index (χ2n) is 9.96. The fraction of sp³-hybridized carbons (Fsp3) is 0.700. The Morgan fingerprint density at radius 1 is 0.727 bits per heavy atom. The molecule has 188 valence electrons. The van der Waals surface area contributed by atoms with Gasteiger partial charge in [-0.2, -0.15) is 0 Å². The molecule has 1 atom stereocenters. The van der Waals surface area contributed by atoms with Crippen molar-refractivity contribution >= 4 is 5.97 Å². The number of carbonyl (C=O) groups is 1. The maximum Gasteiger partial charge on any atom is 0.310 e. The lowest BCUT2D eigenvalue weighted by atomic mass is 10.0. The van der Waals surface area contributed by atoms with Gasteiger partial charge in [0.05, 0.1) is 5.92 Å². The molecule has 0 aliphatic carbocycles. The molecule has 0 radical (unpaired) electrons.